The van der Waals surface area contributed by atoms with Crippen LogP contribution < -0.4 is 0 Å². The lowest BCUT2D eigenvalue weighted by Crippen LogP contribution is -2.81. The van der Waals surface area contributed by atoms with Gasteiger partial charge in [-0.25, -0.2) is 0 Å². The van der Waals surface area contributed by atoms with Crippen LogP contribution in [0, 0.1) is 35.5 Å². The summed E-state index contributed by atoms with van der Waals surface area (Å²) in [5.74, 6) is -5.82. The van der Waals surface area contributed by atoms with E-state index in [1.807, 2.05) is 13.8 Å². The highest BCUT2D eigenvalue weighted by molar-refractivity contribution is 6.00. The van der Waals surface area contributed by atoms with Crippen LogP contribution in [0.5, 0.6) is 0 Å². The van der Waals surface area contributed by atoms with E-state index >= 15 is 0 Å². The molecule has 3 aliphatic carbocycles. The van der Waals surface area contributed by atoms with E-state index in [0.717, 1.165) is 6.42 Å². The summed E-state index contributed by atoms with van der Waals surface area (Å²) in [7, 11) is 0. The first-order chi connectivity index (χ1) is 14.8. The molecule has 4 aliphatic rings. The van der Waals surface area contributed by atoms with Crippen molar-refractivity contribution in [1.29, 1.82) is 0 Å². The predicted molar refractivity (Wildman–Crippen MR) is 116 cm³/mol. The summed E-state index contributed by atoms with van der Waals surface area (Å²) in [6.45, 7) is 8.85. The molecule has 32 heavy (non-hydrogen) atoms. The number of hydrogen-bond donors (Lipinski definition) is 4. The molecule has 0 bridgehead atoms. The SMILES string of the molecule is CC1=C[C@]2(O)[C@](O)(OC1)[C@H](C)[C@H]1CC[C@@H](C)[C@@H]1[C@@]2(O)C(=O)[C@H](C)C[C@@H]1C(=O)C(C)=C[C@H]1O. The molecule has 0 aromatic rings. The fraction of sp³-hybridized carbons (Fsp3) is 0.760. The maximum atomic E-state index is 14.0. The summed E-state index contributed by atoms with van der Waals surface area (Å²) >= 11 is 0. The first kappa shape index (κ1) is 23.8. The molecule has 0 aromatic carbocycles. The molecule has 1 heterocycles. The van der Waals surface area contributed by atoms with Crippen LogP contribution in [0.2, 0.25) is 0 Å². The molecule has 10 atom stereocenters. The van der Waals surface area contributed by atoms with Crippen molar-refractivity contribution in [3.63, 3.8) is 0 Å². The fourth-order valence-corrected chi connectivity index (χ4v) is 7.12. The van der Waals surface area contributed by atoms with E-state index < -0.39 is 52.5 Å². The predicted octanol–water partition coefficient (Wildman–Crippen LogP) is 1.53. The van der Waals surface area contributed by atoms with Gasteiger partial charge in [0, 0.05) is 17.8 Å². The van der Waals surface area contributed by atoms with E-state index in [9.17, 15) is 30.0 Å². The van der Waals surface area contributed by atoms with Crippen LogP contribution in [-0.4, -0.2) is 61.7 Å². The Kier molecular flexibility index (Phi) is 5.62. The normalized spacial score (nSPS) is 49.2. The van der Waals surface area contributed by atoms with Crippen molar-refractivity contribution in [2.45, 2.75) is 77.0 Å². The Labute approximate surface area is 189 Å². The van der Waals surface area contributed by atoms with Crippen LogP contribution >= 0.6 is 0 Å². The lowest BCUT2D eigenvalue weighted by molar-refractivity contribution is -0.381. The molecule has 0 unspecified atom stereocenters. The van der Waals surface area contributed by atoms with Gasteiger partial charge >= 0.3 is 0 Å². The molecule has 0 radical (unpaired) electrons. The summed E-state index contributed by atoms with van der Waals surface area (Å²) in [5.41, 5.74) is -3.53. The zero-order valence-corrected chi connectivity index (χ0v) is 19.5. The van der Waals surface area contributed by atoms with Crippen molar-refractivity contribution < 1.29 is 34.8 Å². The molecule has 7 heteroatoms. The van der Waals surface area contributed by atoms with E-state index in [2.05, 4.69) is 0 Å². The van der Waals surface area contributed by atoms with E-state index in [0.29, 0.717) is 17.6 Å². The highest BCUT2D eigenvalue weighted by Crippen LogP contribution is 2.62. The molecule has 2 fully saturated rings. The zero-order valence-electron chi connectivity index (χ0n) is 19.5. The molecule has 7 nitrogen and oxygen atoms in total. The average molecular weight is 449 g/mol. The second-order valence-electron chi connectivity index (χ2n) is 10.9. The molecule has 0 aromatic heterocycles. The summed E-state index contributed by atoms with van der Waals surface area (Å²) in [6.07, 6.45) is 3.45. The van der Waals surface area contributed by atoms with Gasteiger partial charge in [-0.1, -0.05) is 27.2 Å². The molecule has 4 rings (SSSR count). The lowest BCUT2D eigenvalue weighted by Gasteiger charge is -2.62. The van der Waals surface area contributed by atoms with Crippen LogP contribution in [0.15, 0.2) is 23.3 Å². The largest absolute Gasteiger partial charge is 0.388 e. The van der Waals surface area contributed by atoms with Gasteiger partial charge in [0.1, 0.15) is 0 Å². The van der Waals surface area contributed by atoms with Crippen molar-refractivity contribution in [1.82, 2.24) is 0 Å². The van der Waals surface area contributed by atoms with E-state index in [1.165, 1.54) is 12.2 Å². The number of aliphatic hydroxyl groups is 4. The van der Waals surface area contributed by atoms with Crippen molar-refractivity contribution in [3.05, 3.63) is 23.3 Å². The number of hydrogen-bond acceptors (Lipinski definition) is 7. The minimum Gasteiger partial charge on any atom is -0.388 e. The number of allylic oxidation sites excluding steroid dienone is 1. The van der Waals surface area contributed by atoms with E-state index in [1.54, 1.807) is 20.8 Å². The van der Waals surface area contributed by atoms with Crippen LogP contribution in [0.3, 0.4) is 0 Å². The summed E-state index contributed by atoms with van der Waals surface area (Å²) in [5, 5.41) is 46.1. The van der Waals surface area contributed by atoms with Gasteiger partial charge in [-0.05, 0) is 61.8 Å². The van der Waals surface area contributed by atoms with Crippen LogP contribution in [0.25, 0.3) is 0 Å². The Hall–Kier alpha value is -1.38. The van der Waals surface area contributed by atoms with E-state index in [4.69, 9.17) is 4.74 Å². The lowest BCUT2D eigenvalue weighted by atomic mass is 9.51. The standard InChI is InChI=1S/C25H36O7/c1-12-10-23(29)24(30,22(28)15(4)8-18-19(26)9-14(3)21(18)27)20-13(2)6-7-17(20)16(5)25(23,31)32-11-12/h9-10,13,15-20,26,29-31H,6-8,11H2,1-5H3/t13-,15-,16-,17-,18+,19-,20+,23-,24-,25-/m1/s1. The Balaban J connectivity index is 1.77. The maximum Gasteiger partial charge on any atom is 0.205 e. The van der Waals surface area contributed by atoms with Gasteiger partial charge in [-0.15, -0.1) is 0 Å². The second-order valence-corrected chi connectivity index (χ2v) is 10.9. The number of aliphatic hydroxyl groups excluding tert-OH is 1. The first-order valence-electron chi connectivity index (χ1n) is 11.7. The Morgan fingerprint density at radius 3 is 2.47 bits per heavy atom. The highest BCUT2D eigenvalue weighted by atomic mass is 16.6. The molecular weight excluding hydrogens is 412 g/mol. The molecule has 178 valence electrons. The molecular formula is C25H36O7. The van der Waals surface area contributed by atoms with Gasteiger partial charge in [0.05, 0.1) is 18.6 Å². The average Bonchev–Trinajstić information content (AvgIpc) is 3.23. The summed E-state index contributed by atoms with van der Waals surface area (Å²) in [6, 6.07) is 0. The van der Waals surface area contributed by atoms with Crippen molar-refractivity contribution in [2.24, 2.45) is 35.5 Å². The molecule has 4 N–H and O–H groups in total. The van der Waals surface area contributed by atoms with E-state index in [-0.39, 0.29) is 30.6 Å². The zero-order chi connectivity index (χ0) is 23.8. The highest BCUT2D eigenvalue weighted by Gasteiger charge is 2.77. The van der Waals surface area contributed by atoms with Gasteiger partial charge in [0.15, 0.2) is 22.8 Å². The van der Waals surface area contributed by atoms with Crippen molar-refractivity contribution in [3.8, 4) is 0 Å². The van der Waals surface area contributed by atoms with Gasteiger partial charge in [0.25, 0.3) is 0 Å². The molecule has 0 amide bonds. The van der Waals surface area contributed by atoms with Crippen LogP contribution in [0.4, 0.5) is 0 Å². The minimum absolute atomic E-state index is 0.0459. The quantitative estimate of drug-likeness (QED) is 0.481. The Bertz CT molecular complexity index is 893. The third-order valence-electron chi connectivity index (χ3n) is 8.86. The number of carbonyl (C=O) groups excluding carboxylic acids is 2. The fourth-order valence-electron chi connectivity index (χ4n) is 7.12. The van der Waals surface area contributed by atoms with Gasteiger partial charge in [-0.2, -0.15) is 0 Å². The Morgan fingerprint density at radius 2 is 1.88 bits per heavy atom. The van der Waals surface area contributed by atoms with Gasteiger partial charge < -0.3 is 25.2 Å². The monoisotopic (exact) mass is 448 g/mol. The smallest absolute Gasteiger partial charge is 0.205 e. The molecule has 0 spiro atoms. The van der Waals surface area contributed by atoms with Crippen LogP contribution in [0.1, 0.15) is 53.9 Å². The molecule has 1 aliphatic heterocycles. The van der Waals surface area contributed by atoms with Gasteiger partial charge in [0.2, 0.25) is 5.79 Å². The number of fused-ring (bicyclic) bond motifs is 2. The Morgan fingerprint density at radius 1 is 1.22 bits per heavy atom. The van der Waals surface area contributed by atoms with Crippen molar-refractivity contribution in [2.75, 3.05) is 6.61 Å². The third kappa shape index (κ3) is 2.91. The number of Topliss-reactive ketones (excluding diaryl/α,β-unsaturated/α-hetero) is 2. The van der Waals surface area contributed by atoms with Gasteiger partial charge in [-0.3, -0.25) is 9.59 Å². The minimum atomic E-state index is -2.32. The van der Waals surface area contributed by atoms with Crippen LogP contribution in [-0.2, 0) is 14.3 Å². The summed E-state index contributed by atoms with van der Waals surface area (Å²) < 4.78 is 5.77. The first-order valence-corrected chi connectivity index (χ1v) is 11.7. The molecule has 2 saturated carbocycles. The summed E-state index contributed by atoms with van der Waals surface area (Å²) in [4.78, 5) is 26.5. The second kappa shape index (κ2) is 7.57. The topological polar surface area (TPSA) is 124 Å². The number of carbonyl (C=O) groups is 2. The third-order valence-corrected chi connectivity index (χ3v) is 8.86. The maximum absolute atomic E-state index is 14.0. The molecule has 0 saturated heterocycles. The number of ether oxygens (including phenoxy) is 1. The number of ketones is 2. The number of rotatable bonds is 4. The van der Waals surface area contributed by atoms with Crippen molar-refractivity contribution >= 4 is 11.6 Å².